The summed E-state index contributed by atoms with van der Waals surface area (Å²) in [5, 5.41) is 6.05. The number of nitrogens with zero attached hydrogens (tertiary/aromatic N) is 3. The fourth-order valence-corrected chi connectivity index (χ4v) is 5.40. The zero-order chi connectivity index (χ0) is 20.6. The monoisotopic (exact) mass is 446 g/mol. The smallest absolute Gasteiger partial charge is 0.217 e. The Kier molecular flexibility index (Phi) is 5.44. The quantitative estimate of drug-likeness (QED) is 0.474. The molecule has 0 fully saturated rings. The Morgan fingerprint density at radius 1 is 1.17 bits per heavy atom. The first kappa shape index (κ1) is 20.0. The van der Waals surface area contributed by atoms with E-state index in [1.54, 1.807) is 23.6 Å². The number of nitrogens with one attached hydrogen (secondary N) is 1. The minimum absolute atomic E-state index is 0.0721. The number of aromatic nitrogens is 3. The fourth-order valence-electron chi connectivity index (χ4n) is 3.11. The van der Waals surface area contributed by atoms with Crippen LogP contribution >= 0.6 is 22.9 Å². The third-order valence-electron chi connectivity index (χ3n) is 4.54. The molecular weight excluding hydrogens is 428 g/mol. The molecular formula is C20H19ClN4O2S2. The van der Waals surface area contributed by atoms with Gasteiger partial charge in [-0.25, -0.2) is 22.6 Å². The molecule has 0 saturated carbocycles. The summed E-state index contributed by atoms with van der Waals surface area (Å²) in [6.45, 7) is 3.82. The average Bonchev–Trinajstić information content (AvgIpc) is 3.24. The van der Waals surface area contributed by atoms with Crippen LogP contribution in [0.1, 0.15) is 23.2 Å². The molecule has 0 aliphatic rings. The van der Waals surface area contributed by atoms with Crippen LogP contribution in [0, 0.1) is 6.92 Å². The van der Waals surface area contributed by atoms with Crippen molar-refractivity contribution >= 4 is 37.9 Å². The van der Waals surface area contributed by atoms with E-state index in [1.165, 1.54) is 17.4 Å². The molecule has 0 aliphatic heterocycles. The van der Waals surface area contributed by atoms with E-state index in [1.807, 2.05) is 37.3 Å². The predicted molar refractivity (Wildman–Crippen MR) is 116 cm³/mol. The molecule has 4 aromatic rings. The highest BCUT2D eigenvalue weighted by atomic mass is 35.5. The summed E-state index contributed by atoms with van der Waals surface area (Å²) in [7, 11) is -3.72. The van der Waals surface area contributed by atoms with Gasteiger partial charge >= 0.3 is 0 Å². The Hall–Kier alpha value is -2.26. The standard InChI is InChI=1S/C20H19ClN4O2S2/c1-3-18-24-25-16(19(23-20(25)28-18)14-7-5-4-6-8-14)12-22-29(26,27)17-10-9-15(21)11-13(17)2/h4-11,22H,3,12H2,1-2H3. The number of hydrogen-bond acceptors (Lipinski definition) is 5. The van der Waals surface area contributed by atoms with E-state index in [4.69, 9.17) is 16.6 Å². The molecule has 6 nitrogen and oxygen atoms in total. The van der Waals surface area contributed by atoms with Crippen LogP contribution in [0.4, 0.5) is 0 Å². The van der Waals surface area contributed by atoms with Crippen molar-refractivity contribution in [2.75, 3.05) is 0 Å². The van der Waals surface area contributed by atoms with Crippen LogP contribution in [0.2, 0.25) is 5.02 Å². The van der Waals surface area contributed by atoms with Gasteiger partial charge in [0.2, 0.25) is 15.0 Å². The van der Waals surface area contributed by atoms with Gasteiger partial charge in [-0.05, 0) is 37.1 Å². The number of halogens is 1. The van der Waals surface area contributed by atoms with Gasteiger partial charge in [0, 0.05) is 10.6 Å². The summed E-state index contributed by atoms with van der Waals surface area (Å²) in [5.74, 6) is 0. The highest BCUT2D eigenvalue weighted by Crippen LogP contribution is 2.28. The second-order valence-corrected chi connectivity index (χ2v) is 9.76. The van der Waals surface area contributed by atoms with Crippen molar-refractivity contribution in [2.45, 2.75) is 31.7 Å². The highest BCUT2D eigenvalue weighted by Gasteiger charge is 2.22. The number of fused-ring (bicyclic) bond motifs is 1. The molecule has 0 atom stereocenters. The average molecular weight is 447 g/mol. The first-order chi connectivity index (χ1) is 13.9. The Bertz CT molecular complexity index is 1280. The number of hydrogen-bond donors (Lipinski definition) is 1. The van der Waals surface area contributed by atoms with Crippen LogP contribution < -0.4 is 4.72 Å². The van der Waals surface area contributed by atoms with E-state index < -0.39 is 10.0 Å². The van der Waals surface area contributed by atoms with E-state index in [0.717, 1.165) is 27.6 Å². The van der Waals surface area contributed by atoms with Crippen LogP contribution in [0.15, 0.2) is 53.4 Å². The van der Waals surface area contributed by atoms with Crippen LogP contribution in [-0.4, -0.2) is 23.0 Å². The lowest BCUT2D eigenvalue weighted by Crippen LogP contribution is -2.25. The Morgan fingerprint density at radius 3 is 2.62 bits per heavy atom. The van der Waals surface area contributed by atoms with Crippen molar-refractivity contribution in [1.82, 2.24) is 19.3 Å². The number of imidazole rings is 1. The van der Waals surface area contributed by atoms with E-state index in [9.17, 15) is 8.42 Å². The van der Waals surface area contributed by atoms with Crippen molar-refractivity contribution in [3.63, 3.8) is 0 Å². The lowest BCUT2D eigenvalue weighted by molar-refractivity contribution is 0.579. The molecule has 0 unspecified atom stereocenters. The first-order valence-electron chi connectivity index (χ1n) is 9.07. The molecule has 9 heteroatoms. The summed E-state index contributed by atoms with van der Waals surface area (Å²) in [6, 6.07) is 14.4. The molecule has 2 aromatic carbocycles. The lowest BCUT2D eigenvalue weighted by Gasteiger charge is -2.10. The number of aryl methyl sites for hydroxylation is 2. The van der Waals surface area contributed by atoms with Gasteiger partial charge in [-0.3, -0.25) is 0 Å². The molecule has 0 aliphatic carbocycles. The molecule has 0 radical (unpaired) electrons. The van der Waals surface area contributed by atoms with Crippen LogP contribution in [-0.2, 0) is 23.0 Å². The van der Waals surface area contributed by atoms with Crippen LogP contribution in [0.25, 0.3) is 16.2 Å². The largest absolute Gasteiger partial charge is 0.241 e. The van der Waals surface area contributed by atoms with Gasteiger partial charge < -0.3 is 0 Å². The van der Waals surface area contributed by atoms with E-state index in [2.05, 4.69) is 9.82 Å². The normalized spacial score (nSPS) is 12.0. The molecule has 1 N–H and O–H groups in total. The van der Waals surface area contributed by atoms with Crippen molar-refractivity contribution in [2.24, 2.45) is 0 Å². The van der Waals surface area contributed by atoms with E-state index in [0.29, 0.717) is 16.3 Å². The molecule has 0 amide bonds. The number of sulfonamides is 1. The molecule has 0 saturated heterocycles. The van der Waals surface area contributed by atoms with Crippen molar-refractivity contribution in [3.8, 4) is 11.3 Å². The maximum Gasteiger partial charge on any atom is 0.241 e. The van der Waals surface area contributed by atoms with Crippen molar-refractivity contribution < 1.29 is 8.42 Å². The van der Waals surface area contributed by atoms with Gasteiger partial charge in [0.1, 0.15) is 5.01 Å². The van der Waals surface area contributed by atoms with Gasteiger partial charge in [-0.2, -0.15) is 5.10 Å². The van der Waals surface area contributed by atoms with E-state index in [-0.39, 0.29) is 11.4 Å². The fraction of sp³-hybridized carbons (Fsp3) is 0.200. The van der Waals surface area contributed by atoms with Gasteiger partial charge in [0.25, 0.3) is 0 Å². The minimum atomic E-state index is -3.72. The summed E-state index contributed by atoms with van der Waals surface area (Å²) >= 11 is 7.47. The summed E-state index contributed by atoms with van der Waals surface area (Å²) in [6.07, 6.45) is 0.795. The zero-order valence-electron chi connectivity index (χ0n) is 15.9. The molecule has 2 aromatic heterocycles. The maximum atomic E-state index is 12.9. The molecule has 0 bridgehead atoms. The summed E-state index contributed by atoms with van der Waals surface area (Å²) in [5.41, 5.74) is 2.94. The molecule has 4 rings (SSSR count). The SMILES string of the molecule is CCc1nn2c(CNS(=O)(=O)c3ccc(Cl)cc3C)c(-c3ccccc3)nc2s1. The van der Waals surface area contributed by atoms with Gasteiger partial charge in [-0.15, -0.1) is 0 Å². The lowest BCUT2D eigenvalue weighted by atomic mass is 10.1. The molecule has 2 heterocycles. The Balaban J connectivity index is 1.73. The predicted octanol–water partition coefficient (Wildman–Crippen LogP) is 4.46. The minimum Gasteiger partial charge on any atom is -0.217 e. The second-order valence-electron chi connectivity index (χ2n) is 6.55. The maximum absolute atomic E-state index is 12.9. The van der Waals surface area contributed by atoms with Crippen LogP contribution in [0.5, 0.6) is 0 Å². The zero-order valence-corrected chi connectivity index (χ0v) is 18.3. The third kappa shape index (κ3) is 3.93. The van der Waals surface area contributed by atoms with Gasteiger partial charge in [-0.1, -0.05) is 60.2 Å². The van der Waals surface area contributed by atoms with Gasteiger partial charge in [0.15, 0.2) is 0 Å². The van der Waals surface area contributed by atoms with Crippen molar-refractivity contribution in [3.05, 3.63) is 69.8 Å². The molecule has 29 heavy (non-hydrogen) atoms. The summed E-state index contributed by atoms with van der Waals surface area (Å²) < 4.78 is 30.2. The Morgan fingerprint density at radius 2 is 1.93 bits per heavy atom. The van der Waals surface area contributed by atoms with Crippen molar-refractivity contribution in [1.29, 1.82) is 0 Å². The third-order valence-corrected chi connectivity index (χ3v) is 7.39. The number of rotatable bonds is 6. The first-order valence-corrected chi connectivity index (χ1v) is 11.8. The topological polar surface area (TPSA) is 76.4 Å². The van der Waals surface area contributed by atoms with Gasteiger partial charge in [0.05, 0.1) is 22.8 Å². The molecule has 0 spiro atoms. The summed E-state index contributed by atoms with van der Waals surface area (Å²) in [4.78, 5) is 5.67. The van der Waals surface area contributed by atoms with Crippen LogP contribution in [0.3, 0.4) is 0 Å². The van der Waals surface area contributed by atoms with E-state index >= 15 is 0 Å². The Labute approximate surface area is 178 Å². The second kappa shape index (κ2) is 7.87. The molecule has 150 valence electrons. The number of benzene rings is 2. The highest BCUT2D eigenvalue weighted by molar-refractivity contribution is 7.89.